The van der Waals surface area contributed by atoms with Crippen LogP contribution in [0.2, 0.25) is 0 Å². The van der Waals surface area contributed by atoms with Gasteiger partial charge < -0.3 is 14.6 Å². The molecule has 1 fully saturated rings. The van der Waals surface area contributed by atoms with E-state index < -0.39 is 0 Å². The zero-order valence-corrected chi connectivity index (χ0v) is 16.5. The third-order valence-corrected chi connectivity index (χ3v) is 5.10. The average Bonchev–Trinajstić information content (AvgIpc) is 3.44. The first-order chi connectivity index (χ1) is 14.2. The second-order valence-corrected chi connectivity index (χ2v) is 7.21. The lowest BCUT2D eigenvalue weighted by Crippen LogP contribution is -2.25. The highest BCUT2D eigenvalue weighted by Crippen LogP contribution is 2.36. The number of benzene rings is 1. The van der Waals surface area contributed by atoms with Gasteiger partial charge in [0.15, 0.2) is 0 Å². The van der Waals surface area contributed by atoms with Gasteiger partial charge in [-0.25, -0.2) is 4.98 Å². The van der Waals surface area contributed by atoms with Crippen molar-refractivity contribution in [2.24, 2.45) is 0 Å². The molecule has 0 atom stereocenters. The van der Waals surface area contributed by atoms with Gasteiger partial charge in [-0.2, -0.15) is 0 Å². The number of likely N-dealkylation sites (tertiary alicyclic amines) is 1. The molecule has 1 aliphatic heterocycles. The Morgan fingerprint density at radius 1 is 1.24 bits per heavy atom. The number of nitrogens with zero attached hydrogens (tertiary/aromatic N) is 4. The lowest BCUT2D eigenvalue weighted by Gasteiger charge is -2.23. The molecule has 0 spiro atoms. The minimum absolute atomic E-state index is 0.0238. The number of amides is 1. The third kappa shape index (κ3) is 4.63. The highest BCUT2D eigenvalue weighted by molar-refractivity contribution is 5.92. The van der Waals surface area contributed by atoms with Crippen LogP contribution in [-0.4, -0.2) is 40.4 Å². The maximum atomic E-state index is 12.4. The van der Waals surface area contributed by atoms with Crippen LogP contribution in [0.4, 0.5) is 23.1 Å². The van der Waals surface area contributed by atoms with Crippen LogP contribution in [0.1, 0.15) is 24.8 Å². The van der Waals surface area contributed by atoms with Crippen molar-refractivity contribution in [1.82, 2.24) is 14.9 Å². The van der Waals surface area contributed by atoms with Crippen LogP contribution in [0.5, 0.6) is 0 Å². The second-order valence-electron chi connectivity index (χ2n) is 7.21. The smallest absolute Gasteiger partial charge is 0.306 e. The quantitative estimate of drug-likeness (QED) is 0.648. The molecule has 1 amide bonds. The minimum atomic E-state index is 0.0238. The maximum Gasteiger partial charge on any atom is 0.306 e. The van der Waals surface area contributed by atoms with E-state index in [9.17, 15) is 4.79 Å². The zero-order chi connectivity index (χ0) is 20.1. The summed E-state index contributed by atoms with van der Waals surface area (Å²) in [5.74, 6) is 0.0238. The molecule has 0 saturated carbocycles. The Hall–Kier alpha value is -3.19. The van der Waals surface area contributed by atoms with E-state index in [0.29, 0.717) is 12.4 Å². The number of carbonyl (C=O) groups is 1. The van der Waals surface area contributed by atoms with Gasteiger partial charge in [0.1, 0.15) is 6.26 Å². The molecular weight excluding hydrogens is 366 g/mol. The summed E-state index contributed by atoms with van der Waals surface area (Å²) in [6.07, 6.45) is 9.58. The molecule has 1 aliphatic rings. The summed E-state index contributed by atoms with van der Waals surface area (Å²) < 4.78 is 5.57. The fraction of sp³-hybridized carbons (Fsp3) is 0.318. The van der Waals surface area contributed by atoms with E-state index in [1.165, 1.54) is 19.1 Å². The van der Waals surface area contributed by atoms with Crippen LogP contribution in [0.15, 0.2) is 59.6 Å². The lowest BCUT2D eigenvalue weighted by molar-refractivity contribution is -0.116. The Labute approximate surface area is 170 Å². The lowest BCUT2D eigenvalue weighted by atomic mass is 10.1. The first kappa shape index (κ1) is 19.1. The van der Waals surface area contributed by atoms with Crippen LogP contribution >= 0.6 is 0 Å². The molecule has 150 valence electrons. The normalized spacial score (nSPS) is 14.1. The molecule has 0 bridgehead atoms. The molecule has 3 aromatic rings. The van der Waals surface area contributed by atoms with E-state index in [1.807, 2.05) is 42.2 Å². The number of aromatic nitrogens is 2. The number of oxazole rings is 1. The summed E-state index contributed by atoms with van der Waals surface area (Å²) in [7, 11) is 0. The Balaban J connectivity index is 1.55. The van der Waals surface area contributed by atoms with Crippen molar-refractivity contribution in [3.05, 3.63) is 60.7 Å². The Kier molecular flexibility index (Phi) is 5.86. The van der Waals surface area contributed by atoms with E-state index in [2.05, 4.69) is 20.2 Å². The SMILES string of the molecule is Cc1ccc(NC(=O)CCN2CCCC2)cc1N(c1cccnc1)c1ncco1. The Bertz CT molecular complexity index is 937. The van der Waals surface area contributed by atoms with Gasteiger partial charge in [-0.15, -0.1) is 0 Å². The molecule has 4 rings (SSSR count). The van der Waals surface area contributed by atoms with Gasteiger partial charge in [0.25, 0.3) is 0 Å². The van der Waals surface area contributed by atoms with Crippen molar-refractivity contribution in [3.63, 3.8) is 0 Å². The molecular formula is C22H25N5O2. The molecule has 29 heavy (non-hydrogen) atoms. The number of anilines is 4. The van der Waals surface area contributed by atoms with E-state index >= 15 is 0 Å². The summed E-state index contributed by atoms with van der Waals surface area (Å²) in [4.78, 5) is 25.2. The molecule has 0 aliphatic carbocycles. The van der Waals surface area contributed by atoms with Crippen LogP contribution in [0, 0.1) is 6.92 Å². The van der Waals surface area contributed by atoms with Crippen molar-refractivity contribution in [2.45, 2.75) is 26.2 Å². The largest absolute Gasteiger partial charge is 0.432 e. The summed E-state index contributed by atoms with van der Waals surface area (Å²) in [6.45, 7) is 5.01. The average molecular weight is 391 g/mol. The van der Waals surface area contributed by atoms with Crippen molar-refractivity contribution in [2.75, 3.05) is 29.9 Å². The number of aryl methyl sites for hydroxylation is 1. The molecule has 1 N–H and O–H groups in total. The minimum Gasteiger partial charge on any atom is -0.432 e. The van der Waals surface area contributed by atoms with E-state index in [4.69, 9.17) is 4.42 Å². The number of nitrogens with one attached hydrogen (secondary N) is 1. The summed E-state index contributed by atoms with van der Waals surface area (Å²) >= 11 is 0. The second kappa shape index (κ2) is 8.87. The number of hydrogen-bond donors (Lipinski definition) is 1. The standard InChI is InChI=1S/C22H25N5O2/c1-17-6-7-18(25-21(28)8-13-26-11-2-3-12-26)15-20(17)27(22-24-10-14-29-22)19-5-4-9-23-16-19/h4-7,9-10,14-16H,2-3,8,11-13H2,1H3,(H,25,28). The topological polar surface area (TPSA) is 74.5 Å². The molecule has 2 aromatic heterocycles. The number of hydrogen-bond acceptors (Lipinski definition) is 6. The monoisotopic (exact) mass is 391 g/mol. The molecule has 1 aromatic carbocycles. The molecule has 0 unspecified atom stereocenters. The van der Waals surface area contributed by atoms with Crippen LogP contribution < -0.4 is 10.2 Å². The van der Waals surface area contributed by atoms with Crippen LogP contribution in [0.3, 0.4) is 0 Å². The number of pyridine rings is 1. The van der Waals surface area contributed by atoms with Gasteiger partial charge in [0.2, 0.25) is 5.91 Å². The van der Waals surface area contributed by atoms with Gasteiger partial charge in [0.05, 0.1) is 23.8 Å². The van der Waals surface area contributed by atoms with Gasteiger partial charge in [-0.3, -0.25) is 14.7 Å². The fourth-order valence-corrected chi connectivity index (χ4v) is 3.58. The van der Waals surface area contributed by atoms with Gasteiger partial charge in [-0.05, 0) is 62.7 Å². The fourth-order valence-electron chi connectivity index (χ4n) is 3.58. The van der Waals surface area contributed by atoms with Gasteiger partial charge in [-0.1, -0.05) is 6.07 Å². The van der Waals surface area contributed by atoms with Gasteiger partial charge >= 0.3 is 6.01 Å². The van der Waals surface area contributed by atoms with Crippen LogP contribution in [0.25, 0.3) is 0 Å². The first-order valence-corrected chi connectivity index (χ1v) is 9.93. The molecule has 7 nitrogen and oxygen atoms in total. The number of rotatable bonds is 7. The van der Waals surface area contributed by atoms with Crippen LogP contribution in [-0.2, 0) is 4.79 Å². The predicted octanol–water partition coefficient (Wildman–Crippen LogP) is 4.27. The highest BCUT2D eigenvalue weighted by atomic mass is 16.4. The summed E-state index contributed by atoms with van der Waals surface area (Å²) in [5.41, 5.74) is 3.48. The van der Waals surface area contributed by atoms with Gasteiger partial charge in [0, 0.05) is 24.8 Å². The maximum absolute atomic E-state index is 12.4. The Morgan fingerprint density at radius 3 is 2.83 bits per heavy atom. The summed E-state index contributed by atoms with van der Waals surface area (Å²) in [5, 5.41) is 3.03. The Morgan fingerprint density at radius 2 is 2.10 bits per heavy atom. The van der Waals surface area contributed by atoms with E-state index in [1.54, 1.807) is 18.6 Å². The predicted molar refractivity (Wildman–Crippen MR) is 113 cm³/mol. The van der Waals surface area contributed by atoms with E-state index in [-0.39, 0.29) is 5.91 Å². The molecule has 7 heteroatoms. The van der Waals surface area contributed by atoms with Crippen molar-refractivity contribution < 1.29 is 9.21 Å². The molecule has 0 radical (unpaired) electrons. The first-order valence-electron chi connectivity index (χ1n) is 9.93. The zero-order valence-electron chi connectivity index (χ0n) is 16.5. The van der Waals surface area contributed by atoms with Crippen molar-refractivity contribution in [1.29, 1.82) is 0 Å². The number of carbonyl (C=O) groups excluding carboxylic acids is 1. The van der Waals surface area contributed by atoms with Crippen molar-refractivity contribution >= 4 is 29.0 Å². The van der Waals surface area contributed by atoms with Crippen molar-refractivity contribution in [3.8, 4) is 0 Å². The third-order valence-electron chi connectivity index (χ3n) is 5.10. The molecule has 3 heterocycles. The van der Waals surface area contributed by atoms with E-state index in [0.717, 1.165) is 42.3 Å². The summed E-state index contributed by atoms with van der Waals surface area (Å²) in [6, 6.07) is 10.1. The molecule has 1 saturated heterocycles. The highest BCUT2D eigenvalue weighted by Gasteiger charge is 2.19.